The van der Waals surface area contributed by atoms with Crippen LogP contribution in [0.15, 0.2) is 108 Å². The van der Waals surface area contributed by atoms with Gasteiger partial charge in [0.1, 0.15) is 11.2 Å². The summed E-state index contributed by atoms with van der Waals surface area (Å²) < 4.78 is 0. The van der Waals surface area contributed by atoms with Gasteiger partial charge in [-0.2, -0.15) is 0 Å². The van der Waals surface area contributed by atoms with Crippen LogP contribution < -0.4 is 16.2 Å². The maximum absolute atomic E-state index is 13.0. The first-order chi connectivity index (χ1) is 23.1. The highest BCUT2D eigenvalue weighted by atomic mass is 16.4. The van der Waals surface area contributed by atoms with Crippen molar-refractivity contribution in [3.8, 4) is 5.75 Å². The standard InChI is InChI=1S/C37H34N4O7/c42-30-16-14-28(29-15-17-32(44)40-33(29)30)31(43)20-38-18-23-6-10-25(11-7-23)34(45)39-19-24-8-12-26(13-9-24)35(46)41-21-37(22-41,36(47)48)27-4-2-1-3-5-27/h1-17,31,38,42-43H,18-22H2,(H,39,45)(H,40,44)(H,47,48). The fourth-order valence-electron chi connectivity index (χ4n) is 5.97. The number of carbonyl (C=O) groups is 3. The first-order valence-electron chi connectivity index (χ1n) is 15.4. The fourth-order valence-corrected chi connectivity index (χ4v) is 5.97. The van der Waals surface area contributed by atoms with Crippen LogP contribution in [-0.4, -0.2) is 62.6 Å². The van der Waals surface area contributed by atoms with E-state index in [0.29, 0.717) is 34.2 Å². The third-order valence-electron chi connectivity index (χ3n) is 8.75. The normalized spacial score (nSPS) is 14.2. The molecule has 244 valence electrons. The smallest absolute Gasteiger partial charge is 0.317 e. The summed E-state index contributed by atoms with van der Waals surface area (Å²) in [7, 11) is 0. The van der Waals surface area contributed by atoms with Gasteiger partial charge in [0.15, 0.2) is 0 Å². The largest absolute Gasteiger partial charge is 0.506 e. The maximum Gasteiger partial charge on any atom is 0.317 e. The van der Waals surface area contributed by atoms with Crippen LogP contribution in [0.5, 0.6) is 5.75 Å². The number of fused-ring (bicyclic) bond motifs is 1. The molecule has 1 aliphatic heterocycles. The predicted octanol–water partition coefficient (Wildman–Crippen LogP) is 3.47. The molecule has 1 aliphatic rings. The van der Waals surface area contributed by atoms with Crippen molar-refractivity contribution in [1.82, 2.24) is 20.5 Å². The molecule has 48 heavy (non-hydrogen) atoms. The van der Waals surface area contributed by atoms with Crippen LogP contribution >= 0.6 is 0 Å². The number of aromatic hydroxyl groups is 1. The van der Waals surface area contributed by atoms with E-state index in [-0.39, 0.29) is 54.8 Å². The lowest BCUT2D eigenvalue weighted by atomic mass is 9.73. The number of hydrogen-bond acceptors (Lipinski definition) is 7. The Bertz CT molecular complexity index is 2020. The zero-order chi connectivity index (χ0) is 33.8. The summed E-state index contributed by atoms with van der Waals surface area (Å²) in [5.41, 5.74) is 2.71. The molecule has 5 aromatic rings. The van der Waals surface area contributed by atoms with E-state index in [1.165, 1.54) is 17.0 Å². The van der Waals surface area contributed by atoms with Gasteiger partial charge in [0.25, 0.3) is 11.8 Å². The Morgan fingerprint density at radius 3 is 2.12 bits per heavy atom. The zero-order valence-electron chi connectivity index (χ0n) is 25.8. The van der Waals surface area contributed by atoms with Gasteiger partial charge in [-0.25, -0.2) is 0 Å². The number of carboxylic acids is 1. The minimum absolute atomic E-state index is 0.0706. The molecule has 1 fully saturated rings. The molecule has 1 unspecified atom stereocenters. The molecule has 11 nitrogen and oxygen atoms in total. The van der Waals surface area contributed by atoms with Gasteiger partial charge in [0.2, 0.25) is 5.56 Å². The van der Waals surface area contributed by atoms with E-state index < -0.39 is 17.5 Å². The number of amides is 2. The Hall–Kier alpha value is -5.78. The molecular weight excluding hydrogens is 612 g/mol. The number of likely N-dealkylation sites (tertiary alicyclic amines) is 1. The van der Waals surface area contributed by atoms with Crippen molar-refractivity contribution in [3.05, 3.63) is 147 Å². The Morgan fingerprint density at radius 1 is 0.812 bits per heavy atom. The fraction of sp³-hybridized carbons (Fsp3) is 0.189. The summed E-state index contributed by atoms with van der Waals surface area (Å²) in [5.74, 6) is -1.52. The quantitative estimate of drug-likeness (QED) is 0.127. The lowest BCUT2D eigenvalue weighted by Crippen LogP contribution is -2.65. The van der Waals surface area contributed by atoms with Gasteiger partial charge in [-0.1, -0.05) is 60.7 Å². The lowest BCUT2D eigenvalue weighted by molar-refractivity contribution is -0.149. The van der Waals surface area contributed by atoms with Gasteiger partial charge in [-0.3, -0.25) is 19.2 Å². The van der Waals surface area contributed by atoms with Crippen molar-refractivity contribution in [1.29, 1.82) is 0 Å². The number of hydrogen-bond donors (Lipinski definition) is 6. The van der Waals surface area contributed by atoms with Crippen LogP contribution in [0.1, 0.15) is 49.1 Å². The second-order valence-corrected chi connectivity index (χ2v) is 11.9. The van der Waals surface area contributed by atoms with E-state index in [1.807, 2.05) is 18.2 Å². The van der Waals surface area contributed by atoms with Crippen molar-refractivity contribution in [2.24, 2.45) is 0 Å². The van der Waals surface area contributed by atoms with Crippen molar-refractivity contribution in [2.75, 3.05) is 19.6 Å². The van der Waals surface area contributed by atoms with Gasteiger partial charge in [0, 0.05) is 55.3 Å². The molecule has 0 bridgehead atoms. The molecule has 1 aromatic heterocycles. The molecule has 0 saturated carbocycles. The third kappa shape index (κ3) is 6.55. The van der Waals surface area contributed by atoms with E-state index in [9.17, 15) is 34.5 Å². The number of pyridine rings is 1. The molecule has 1 saturated heterocycles. The summed E-state index contributed by atoms with van der Waals surface area (Å²) in [6, 6.07) is 28.9. The second-order valence-electron chi connectivity index (χ2n) is 11.9. The molecule has 0 radical (unpaired) electrons. The summed E-state index contributed by atoms with van der Waals surface area (Å²) in [6.45, 7) is 1.12. The van der Waals surface area contributed by atoms with Crippen LogP contribution in [0.2, 0.25) is 0 Å². The number of aliphatic carboxylic acids is 1. The number of rotatable bonds is 11. The molecule has 0 spiro atoms. The Kier molecular flexibility index (Phi) is 9.06. The van der Waals surface area contributed by atoms with Crippen molar-refractivity contribution in [2.45, 2.75) is 24.6 Å². The van der Waals surface area contributed by atoms with Crippen LogP contribution in [0, 0.1) is 0 Å². The number of aromatic nitrogens is 1. The highest BCUT2D eigenvalue weighted by Gasteiger charge is 2.52. The third-order valence-corrected chi connectivity index (χ3v) is 8.75. The number of H-pyrrole nitrogens is 1. The summed E-state index contributed by atoms with van der Waals surface area (Å²) in [6.07, 6.45) is -0.886. The van der Waals surface area contributed by atoms with E-state index in [2.05, 4.69) is 15.6 Å². The van der Waals surface area contributed by atoms with Gasteiger partial charge in [-0.05, 0) is 58.7 Å². The molecule has 2 heterocycles. The number of carboxylic acid groups (broad SMARTS) is 1. The molecular formula is C37H34N4O7. The van der Waals surface area contributed by atoms with Gasteiger partial charge < -0.3 is 35.8 Å². The van der Waals surface area contributed by atoms with Crippen LogP contribution in [0.4, 0.5) is 0 Å². The Balaban J connectivity index is 0.970. The summed E-state index contributed by atoms with van der Waals surface area (Å²) in [4.78, 5) is 53.6. The minimum Gasteiger partial charge on any atom is -0.506 e. The second kappa shape index (κ2) is 13.5. The van der Waals surface area contributed by atoms with E-state index in [4.69, 9.17) is 0 Å². The molecule has 4 aromatic carbocycles. The monoisotopic (exact) mass is 646 g/mol. The zero-order valence-corrected chi connectivity index (χ0v) is 25.8. The van der Waals surface area contributed by atoms with Crippen LogP contribution in [-0.2, 0) is 23.3 Å². The predicted molar refractivity (Wildman–Crippen MR) is 179 cm³/mol. The van der Waals surface area contributed by atoms with Gasteiger partial charge in [0.05, 0.1) is 11.6 Å². The van der Waals surface area contributed by atoms with Crippen LogP contribution in [0.3, 0.4) is 0 Å². The number of phenolic OH excluding ortho intramolecular Hbond substituents is 1. The highest BCUT2D eigenvalue weighted by molar-refractivity contribution is 5.97. The van der Waals surface area contributed by atoms with E-state index >= 15 is 0 Å². The lowest BCUT2D eigenvalue weighted by Gasteiger charge is -2.47. The van der Waals surface area contributed by atoms with Crippen molar-refractivity contribution in [3.63, 3.8) is 0 Å². The molecule has 11 heteroatoms. The number of aliphatic hydroxyl groups is 1. The van der Waals surface area contributed by atoms with E-state index in [1.54, 1.807) is 72.8 Å². The van der Waals surface area contributed by atoms with E-state index in [0.717, 1.165) is 11.1 Å². The van der Waals surface area contributed by atoms with Gasteiger partial charge >= 0.3 is 5.97 Å². The molecule has 1 atom stereocenters. The van der Waals surface area contributed by atoms with Crippen molar-refractivity contribution < 1.29 is 29.7 Å². The number of benzene rings is 4. The number of carbonyl (C=O) groups excluding carboxylic acids is 2. The minimum atomic E-state index is -1.10. The summed E-state index contributed by atoms with van der Waals surface area (Å²) >= 11 is 0. The number of phenols is 1. The number of nitrogens with zero attached hydrogens (tertiary/aromatic N) is 1. The molecule has 6 N–H and O–H groups in total. The van der Waals surface area contributed by atoms with Crippen molar-refractivity contribution >= 4 is 28.7 Å². The number of nitrogens with one attached hydrogen (secondary N) is 3. The molecule has 2 amide bonds. The number of aliphatic hydroxyl groups excluding tert-OH is 1. The average molecular weight is 647 g/mol. The average Bonchev–Trinajstić information content (AvgIpc) is 3.08. The number of aromatic amines is 1. The Labute approximate surface area is 275 Å². The SMILES string of the molecule is O=C(NCc1ccc(C(=O)N2CC(C(=O)O)(c3ccccc3)C2)cc1)c1ccc(CNCC(O)c2ccc(O)c3[nH]c(=O)ccc23)cc1. The first kappa shape index (κ1) is 32.2. The first-order valence-corrected chi connectivity index (χ1v) is 15.4. The Morgan fingerprint density at radius 2 is 1.46 bits per heavy atom. The van der Waals surface area contributed by atoms with Crippen LogP contribution in [0.25, 0.3) is 10.9 Å². The summed E-state index contributed by atoms with van der Waals surface area (Å²) in [5, 5.41) is 37.3. The molecule has 6 rings (SSSR count). The molecule has 0 aliphatic carbocycles. The topological polar surface area (TPSA) is 172 Å². The van der Waals surface area contributed by atoms with Gasteiger partial charge in [-0.15, -0.1) is 0 Å². The highest BCUT2D eigenvalue weighted by Crippen LogP contribution is 2.36. The maximum atomic E-state index is 13.0.